The largest absolute Gasteiger partial charge is 0.480 e. The Labute approximate surface area is 81.6 Å². The van der Waals surface area contributed by atoms with E-state index < -0.39 is 0 Å². The molecule has 1 aliphatic heterocycles. The fourth-order valence-electron chi connectivity index (χ4n) is 1.37. The molecule has 1 saturated heterocycles. The SMILES string of the molecule is COc1cc(CN2CCCN2)sn1. The third-order valence-electron chi connectivity index (χ3n) is 2.03. The predicted octanol–water partition coefficient (Wildman–Crippen LogP) is 0.862. The molecular weight excluding hydrogens is 186 g/mol. The van der Waals surface area contributed by atoms with Crippen LogP contribution in [0, 0.1) is 0 Å². The molecule has 1 aromatic heterocycles. The molecule has 0 aromatic carbocycles. The predicted molar refractivity (Wildman–Crippen MR) is 51.7 cm³/mol. The Balaban J connectivity index is 1.92. The number of hydrogen-bond donors (Lipinski definition) is 1. The van der Waals surface area contributed by atoms with Gasteiger partial charge in [-0.15, -0.1) is 0 Å². The fraction of sp³-hybridized carbons (Fsp3) is 0.625. The van der Waals surface area contributed by atoms with E-state index >= 15 is 0 Å². The van der Waals surface area contributed by atoms with Gasteiger partial charge in [0.05, 0.1) is 7.11 Å². The zero-order chi connectivity index (χ0) is 9.10. The topological polar surface area (TPSA) is 37.4 Å². The van der Waals surface area contributed by atoms with Gasteiger partial charge in [0.1, 0.15) is 0 Å². The highest BCUT2D eigenvalue weighted by Crippen LogP contribution is 2.17. The van der Waals surface area contributed by atoms with Crippen molar-refractivity contribution in [3.8, 4) is 5.88 Å². The number of nitrogens with zero attached hydrogens (tertiary/aromatic N) is 2. The Kier molecular flexibility index (Phi) is 2.77. The van der Waals surface area contributed by atoms with Gasteiger partial charge in [-0.3, -0.25) is 5.43 Å². The molecule has 0 aliphatic carbocycles. The van der Waals surface area contributed by atoms with E-state index in [-0.39, 0.29) is 0 Å². The second-order valence-corrected chi connectivity index (χ2v) is 3.91. The lowest BCUT2D eigenvalue weighted by Crippen LogP contribution is -2.29. The van der Waals surface area contributed by atoms with E-state index in [0.29, 0.717) is 0 Å². The minimum atomic E-state index is 0.721. The first kappa shape index (κ1) is 8.93. The van der Waals surface area contributed by atoms with Crippen LogP contribution in [-0.2, 0) is 6.54 Å². The van der Waals surface area contributed by atoms with Crippen LogP contribution in [0.2, 0.25) is 0 Å². The number of ether oxygens (including phenoxy) is 1. The van der Waals surface area contributed by atoms with Crippen LogP contribution < -0.4 is 10.2 Å². The summed E-state index contributed by atoms with van der Waals surface area (Å²) in [6.07, 6.45) is 1.23. The second kappa shape index (κ2) is 4.04. The molecule has 1 aromatic rings. The van der Waals surface area contributed by atoms with Gasteiger partial charge >= 0.3 is 0 Å². The van der Waals surface area contributed by atoms with Crippen LogP contribution in [0.4, 0.5) is 0 Å². The molecule has 2 heterocycles. The van der Waals surface area contributed by atoms with Crippen LogP contribution in [0.3, 0.4) is 0 Å². The maximum Gasteiger partial charge on any atom is 0.225 e. The lowest BCUT2D eigenvalue weighted by molar-refractivity contribution is 0.246. The average Bonchev–Trinajstić information content (AvgIpc) is 2.76. The molecule has 0 atom stereocenters. The Morgan fingerprint density at radius 1 is 1.77 bits per heavy atom. The Morgan fingerprint density at radius 2 is 2.69 bits per heavy atom. The fourth-order valence-corrected chi connectivity index (χ4v) is 2.08. The van der Waals surface area contributed by atoms with Crippen LogP contribution in [-0.4, -0.2) is 29.6 Å². The third kappa shape index (κ3) is 2.18. The quantitative estimate of drug-likeness (QED) is 0.783. The summed E-state index contributed by atoms with van der Waals surface area (Å²) >= 11 is 1.50. The zero-order valence-electron chi connectivity index (χ0n) is 7.62. The summed E-state index contributed by atoms with van der Waals surface area (Å²) in [5, 5.41) is 2.22. The van der Waals surface area contributed by atoms with Gasteiger partial charge in [0.25, 0.3) is 0 Å². The molecule has 0 spiro atoms. The van der Waals surface area contributed by atoms with Gasteiger partial charge in [0.2, 0.25) is 5.88 Å². The van der Waals surface area contributed by atoms with E-state index in [9.17, 15) is 0 Å². The molecule has 72 valence electrons. The lowest BCUT2D eigenvalue weighted by atomic mass is 10.4. The number of rotatable bonds is 3. The minimum absolute atomic E-state index is 0.721. The van der Waals surface area contributed by atoms with Crippen LogP contribution >= 0.6 is 11.5 Å². The molecule has 0 saturated carbocycles. The van der Waals surface area contributed by atoms with E-state index in [0.717, 1.165) is 25.5 Å². The van der Waals surface area contributed by atoms with E-state index in [1.807, 2.05) is 6.07 Å². The van der Waals surface area contributed by atoms with Crippen molar-refractivity contribution >= 4 is 11.5 Å². The number of hydrazine groups is 1. The van der Waals surface area contributed by atoms with Crippen LogP contribution in [0.15, 0.2) is 6.07 Å². The van der Waals surface area contributed by atoms with Gasteiger partial charge in [-0.2, -0.15) is 4.37 Å². The van der Waals surface area contributed by atoms with Crippen molar-refractivity contribution in [2.75, 3.05) is 20.2 Å². The average molecular weight is 199 g/mol. The molecule has 13 heavy (non-hydrogen) atoms. The van der Waals surface area contributed by atoms with Gasteiger partial charge in [0.15, 0.2) is 0 Å². The van der Waals surface area contributed by atoms with Crippen molar-refractivity contribution in [1.29, 1.82) is 0 Å². The molecule has 0 amide bonds. The Hall–Kier alpha value is -0.650. The summed E-state index contributed by atoms with van der Waals surface area (Å²) < 4.78 is 9.16. The van der Waals surface area contributed by atoms with Crippen molar-refractivity contribution in [3.63, 3.8) is 0 Å². The standard InChI is InChI=1S/C8H13N3OS/c1-12-8-5-7(13-10-8)6-11-4-2-3-9-11/h5,9H,2-4,6H2,1H3. The monoisotopic (exact) mass is 199 g/mol. The first-order valence-corrected chi connectivity index (χ1v) is 5.14. The van der Waals surface area contributed by atoms with E-state index in [1.165, 1.54) is 22.8 Å². The first-order chi connectivity index (χ1) is 6.38. The smallest absolute Gasteiger partial charge is 0.225 e. The summed E-state index contributed by atoms with van der Waals surface area (Å²) in [7, 11) is 1.65. The summed E-state index contributed by atoms with van der Waals surface area (Å²) in [6.45, 7) is 3.15. The van der Waals surface area contributed by atoms with E-state index in [2.05, 4.69) is 14.8 Å². The highest BCUT2D eigenvalue weighted by atomic mass is 32.1. The van der Waals surface area contributed by atoms with Crippen molar-refractivity contribution in [1.82, 2.24) is 14.8 Å². The molecule has 5 heteroatoms. The molecule has 4 nitrogen and oxygen atoms in total. The van der Waals surface area contributed by atoms with Crippen LogP contribution in [0.5, 0.6) is 5.88 Å². The molecule has 1 N–H and O–H groups in total. The van der Waals surface area contributed by atoms with Crippen molar-refractivity contribution in [2.45, 2.75) is 13.0 Å². The van der Waals surface area contributed by atoms with E-state index in [4.69, 9.17) is 4.74 Å². The number of nitrogens with one attached hydrogen (secondary N) is 1. The molecule has 1 fully saturated rings. The van der Waals surface area contributed by atoms with Crippen molar-refractivity contribution < 1.29 is 4.74 Å². The number of methoxy groups -OCH3 is 1. The second-order valence-electron chi connectivity index (χ2n) is 3.02. The molecular formula is C8H13N3OS. The lowest BCUT2D eigenvalue weighted by Gasteiger charge is -2.12. The Bertz CT molecular complexity index is 270. The van der Waals surface area contributed by atoms with Gasteiger partial charge in [-0.25, -0.2) is 5.01 Å². The summed E-state index contributed by atoms with van der Waals surface area (Å²) in [5.41, 5.74) is 3.30. The third-order valence-corrected chi connectivity index (χ3v) is 2.79. The Morgan fingerprint density at radius 3 is 3.31 bits per heavy atom. The molecule has 2 rings (SSSR count). The van der Waals surface area contributed by atoms with Gasteiger partial charge in [-0.1, -0.05) is 0 Å². The van der Waals surface area contributed by atoms with Crippen molar-refractivity contribution in [2.24, 2.45) is 0 Å². The van der Waals surface area contributed by atoms with Crippen molar-refractivity contribution in [3.05, 3.63) is 10.9 Å². The highest BCUT2D eigenvalue weighted by molar-refractivity contribution is 7.05. The number of hydrogen-bond acceptors (Lipinski definition) is 5. The molecule has 0 unspecified atom stereocenters. The van der Waals surface area contributed by atoms with Crippen LogP contribution in [0.25, 0.3) is 0 Å². The first-order valence-electron chi connectivity index (χ1n) is 4.36. The van der Waals surface area contributed by atoms with Gasteiger partial charge in [-0.05, 0) is 18.0 Å². The number of aromatic nitrogens is 1. The maximum atomic E-state index is 5.02. The highest BCUT2D eigenvalue weighted by Gasteiger charge is 2.12. The zero-order valence-corrected chi connectivity index (χ0v) is 8.43. The summed E-state index contributed by atoms with van der Waals surface area (Å²) in [4.78, 5) is 1.24. The van der Waals surface area contributed by atoms with E-state index in [1.54, 1.807) is 7.11 Å². The molecule has 0 bridgehead atoms. The normalized spacial score (nSPS) is 17.9. The summed E-state index contributed by atoms with van der Waals surface area (Å²) in [6, 6.07) is 1.99. The van der Waals surface area contributed by atoms with Gasteiger partial charge < -0.3 is 4.74 Å². The maximum absolute atomic E-state index is 5.02. The molecule has 0 radical (unpaired) electrons. The summed E-state index contributed by atoms with van der Waals surface area (Å²) in [5.74, 6) is 0.721. The van der Waals surface area contributed by atoms with Crippen LogP contribution in [0.1, 0.15) is 11.3 Å². The minimum Gasteiger partial charge on any atom is -0.480 e. The van der Waals surface area contributed by atoms with Gasteiger partial charge in [0, 0.05) is 30.6 Å². The molecule has 1 aliphatic rings.